The summed E-state index contributed by atoms with van der Waals surface area (Å²) in [6, 6.07) is 15.5. The summed E-state index contributed by atoms with van der Waals surface area (Å²) in [6.45, 7) is 7.81. The summed E-state index contributed by atoms with van der Waals surface area (Å²) in [4.78, 5) is 0.0883. The third kappa shape index (κ3) is 4.72. The van der Waals surface area contributed by atoms with Crippen LogP contribution in [0.5, 0.6) is 5.75 Å². The molecule has 0 aliphatic rings. The number of anilines is 3. The third-order valence-electron chi connectivity index (χ3n) is 5.54. The molecule has 10 heteroatoms. The number of nitrogens with one attached hydrogen (secondary N) is 2. The zero-order valence-corrected chi connectivity index (χ0v) is 20.4. The van der Waals surface area contributed by atoms with Gasteiger partial charge in [-0.1, -0.05) is 6.07 Å². The van der Waals surface area contributed by atoms with Gasteiger partial charge in [0, 0.05) is 17.1 Å². The first-order valence-corrected chi connectivity index (χ1v) is 12.1. The van der Waals surface area contributed by atoms with Crippen LogP contribution in [0.3, 0.4) is 0 Å². The largest absolute Gasteiger partial charge is 0.495 e. The standard InChI is InChI=1S/C24H26N6O3S/c1-15-6-11-21(33-5)22(14-15)34(31,32)29-20-9-7-19(8-10-20)25-23-12-13-24(27-26-23)30-18(4)16(2)17(3)28-30/h6-14,29H,1-5H3,(H,25,26). The van der Waals surface area contributed by atoms with Crippen molar-refractivity contribution < 1.29 is 13.2 Å². The minimum Gasteiger partial charge on any atom is -0.495 e. The quantitative estimate of drug-likeness (QED) is 0.404. The lowest BCUT2D eigenvalue weighted by Gasteiger charge is -2.13. The fourth-order valence-electron chi connectivity index (χ4n) is 3.42. The van der Waals surface area contributed by atoms with Crippen molar-refractivity contribution in [3.05, 3.63) is 77.1 Å². The highest BCUT2D eigenvalue weighted by atomic mass is 32.2. The lowest BCUT2D eigenvalue weighted by Crippen LogP contribution is -2.14. The maximum atomic E-state index is 12.9. The van der Waals surface area contributed by atoms with Gasteiger partial charge in [0.1, 0.15) is 10.6 Å². The molecule has 0 atom stereocenters. The molecule has 0 aliphatic heterocycles. The van der Waals surface area contributed by atoms with E-state index in [0.29, 0.717) is 17.3 Å². The number of aryl methyl sites for hydroxylation is 2. The highest BCUT2D eigenvalue weighted by molar-refractivity contribution is 7.92. The number of ether oxygens (including phenoxy) is 1. The van der Waals surface area contributed by atoms with Crippen LogP contribution >= 0.6 is 0 Å². The smallest absolute Gasteiger partial charge is 0.265 e. The first kappa shape index (κ1) is 23.2. The molecule has 4 rings (SSSR count). The Morgan fingerprint density at radius 2 is 1.59 bits per heavy atom. The van der Waals surface area contributed by atoms with E-state index < -0.39 is 10.0 Å². The van der Waals surface area contributed by atoms with Gasteiger partial charge in [-0.05, 0) is 87.4 Å². The van der Waals surface area contributed by atoms with Crippen LogP contribution in [0.4, 0.5) is 17.2 Å². The van der Waals surface area contributed by atoms with Gasteiger partial charge in [-0.15, -0.1) is 10.2 Å². The number of hydrogen-bond acceptors (Lipinski definition) is 7. The molecule has 2 aromatic heterocycles. The van der Waals surface area contributed by atoms with Gasteiger partial charge in [-0.2, -0.15) is 5.10 Å². The van der Waals surface area contributed by atoms with E-state index >= 15 is 0 Å². The van der Waals surface area contributed by atoms with Crippen LogP contribution in [0.1, 0.15) is 22.5 Å². The molecule has 4 aromatic rings. The molecular weight excluding hydrogens is 452 g/mol. The third-order valence-corrected chi connectivity index (χ3v) is 6.94. The summed E-state index contributed by atoms with van der Waals surface area (Å²) in [5, 5.41) is 16.2. The van der Waals surface area contributed by atoms with Crippen LogP contribution in [0, 0.1) is 27.7 Å². The monoisotopic (exact) mass is 478 g/mol. The number of aromatic nitrogens is 4. The van der Waals surface area contributed by atoms with E-state index in [0.717, 1.165) is 28.2 Å². The summed E-state index contributed by atoms with van der Waals surface area (Å²) >= 11 is 0. The Labute approximate surface area is 198 Å². The van der Waals surface area contributed by atoms with Gasteiger partial charge >= 0.3 is 0 Å². The van der Waals surface area contributed by atoms with E-state index in [2.05, 4.69) is 25.3 Å². The van der Waals surface area contributed by atoms with Gasteiger partial charge in [0.25, 0.3) is 10.0 Å². The van der Waals surface area contributed by atoms with Crippen molar-refractivity contribution in [3.8, 4) is 11.6 Å². The van der Waals surface area contributed by atoms with Crippen molar-refractivity contribution in [2.45, 2.75) is 32.6 Å². The second-order valence-electron chi connectivity index (χ2n) is 7.95. The fraction of sp³-hybridized carbons (Fsp3) is 0.208. The van der Waals surface area contributed by atoms with Gasteiger partial charge in [-0.3, -0.25) is 4.72 Å². The van der Waals surface area contributed by atoms with Gasteiger partial charge in [-0.25, -0.2) is 13.1 Å². The molecule has 2 heterocycles. The molecule has 0 bridgehead atoms. The fourth-order valence-corrected chi connectivity index (χ4v) is 4.74. The Balaban J connectivity index is 1.47. The Kier molecular flexibility index (Phi) is 6.25. The minimum absolute atomic E-state index is 0.0883. The van der Waals surface area contributed by atoms with E-state index in [-0.39, 0.29) is 10.6 Å². The SMILES string of the molecule is COc1ccc(C)cc1S(=O)(=O)Nc1ccc(Nc2ccc(-n3nc(C)c(C)c3C)nn2)cc1. The summed E-state index contributed by atoms with van der Waals surface area (Å²) < 4.78 is 35.3. The maximum Gasteiger partial charge on any atom is 0.265 e. The Hall–Kier alpha value is -3.92. The lowest BCUT2D eigenvalue weighted by molar-refractivity contribution is 0.402. The van der Waals surface area contributed by atoms with Crippen LogP contribution in [0.2, 0.25) is 0 Å². The maximum absolute atomic E-state index is 12.9. The van der Waals surface area contributed by atoms with E-state index in [9.17, 15) is 8.42 Å². The predicted octanol–water partition coefficient (Wildman–Crippen LogP) is 4.45. The van der Waals surface area contributed by atoms with E-state index in [1.165, 1.54) is 7.11 Å². The van der Waals surface area contributed by atoms with E-state index in [1.54, 1.807) is 47.1 Å². The second-order valence-corrected chi connectivity index (χ2v) is 9.60. The molecular formula is C24H26N6O3S. The predicted molar refractivity (Wildman–Crippen MR) is 132 cm³/mol. The van der Waals surface area contributed by atoms with Crippen molar-refractivity contribution in [2.24, 2.45) is 0 Å². The topological polar surface area (TPSA) is 111 Å². The van der Waals surface area contributed by atoms with E-state index in [1.807, 2.05) is 39.8 Å². The first-order valence-electron chi connectivity index (χ1n) is 10.6. The highest BCUT2D eigenvalue weighted by Crippen LogP contribution is 2.27. The summed E-state index contributed by atoms with van der Waals surface area (Å²) in [5.41, 5.74) is 5.09. The van der Waals surface area contributed by atoms with Crippen LogP contribution in [-0.4, -0.2) is 35.5 Å². The van der Waals surface area contributed by atoms with Crippen LogP contribution in [0.15, 0.2) is 59.5 Å². The summed E-state index contributed by atoms with van der Waals surface area (Å²) in [5.74, 6) is 1.48. The molecule has 2 N–H and O–H groups in total. The molecule has 0 aliphatic carbocycles. The van der Waals surface area contributed by atoms with Gasteiger partial charge < -0.3 is 10.1 Å². The first-order chi connectivity index (χ1) is 16.2. The molecule has 2 aromatic carbocycles. The molecule has 0 fully saturated rings. The molecule has 0 radical (unpaired) electrons. The molecule has 0 amide bonds. The second kappa shape index (κ2) is 9.14. The molecule has 0 saturated carbocycles. The summed E-state index contributed by atoms with van der Waals surface area (Å²) in [7, 11) is -2.37. The van der Waals surface area contributed by atoms with Crippen LogP contribution in [-0.2, 0) is 10.0 Å². The van der Waals surface area contributed by atoms with Gasteiger partial charge in [0.05, 0.1) is 12.8 Å². The number of benzene rings is 2. The van der Waals surface area contributed by atoms with Crippen molar-refractivity contribution in [1.82, 2.24) is 20.0 Å². The molecule has 176 valence electrons. The number of rotatable bonds is 7. The van der Waals surface area contributed by atoms with Gasteiger partial charge in [0.2, 0.25) is 0 Å². The average molecular weight is 479 g/mol. The van der Waals surface area contributed by atoms with Crippen LogP contribution < -0.4 is 14.8 Å². The van der Waals surface area contributed by atoms with Crippen LogP contribution in [0.25, 0.3) is 5.82 Å². The number of methoxy groups -OCH3 is 1. The van der Waals surface area contributed by atoms with Crippen molar-refractivity contribution >= 4 is 27.2 Å². The Morgan fingerprint density at radius 3 is 2.18 bits per heavy atom. The van der Waals surface area contributed by atoms with Crippen molar-refractivity contribution in [1.29, 1.82) is 0 Å². The lowest BCUT2D eigenvalue weighted by atomic mass is 10.2. The zero-order chi connectivity index (χ0) is 24.5. The Morgan fingerprint density at radius 1 is 0.882 bits per heavy atom. The average Bonchev–Trinajstić information content (AvgIpc) is 3.08. The molecule has 0 unspecified atom stereocenters. The molecule has 9 nitrogen and oxygen atoms in total. The normalized spacial score (nSPS) is 11.3. The molecule has 34 heavy (non-hydrogen) atoms. The van der Waals surface area contributed by atoms with E-state index in [4.69, 9.17) is 4.74 Å². The number of hydrogen-bond donors (Lipinski definition) is 2. The molecule has 0 saturated heterocycles. The number of nitrogens with zero attached hydrogens (tertiary/aromatic N) is 4. The van der Waals surface area contributed by atoms with Gasteiger partial charge in [0.15, 0.2) is 11.6 Å². The highest BCUT2D eigenvalue weighted by Gasteiger charge is 2.20. The Bertz CT molecular complexity index is 1430. The summed E-state index contributed by atoms with van der Waals surface area (Å²) in [6.07, 6.45) is 0. The minimum atomic E-state index is -3.81. The van der Waals surface area contributed by atoms with Crippen molar-refractivity contribution in [3.63, 3.8) is 0 Å². The molecule has 0 spiro atoms. The van der Waals surface area contributed by atoms with Crippen molar-refractivity contribution in [2.75, 3.05) is 17.1 Å². The zero-order valence-electron chi connectivity index (χ0n) is 19.6. The number of sulfonamides is 1.